The molecular weight excluding hydrogens is 171 g/mol. The van der Waals surface area contributed by atoms with Gasteiger partial charge in [0.1, 0.15) is 6.67 Å². The van der Waals surface area contributed by atoms with Crippen molar-refractivity contribution < 1.29 is 14.3 Å². The summed E-state index contributed by atoms with van der Waals surface area (Å²) < 4.78 is 11.8. The second-order valence-corrected chi connectivity index (χ2v) is 3.53. The molecule has 0 aromatic rings. The maximum Gasteiger partial charge on any atom is 0.306 e. The molecule has 3 heteroatoms. The zero-order valence-corrected chi connectivity index (χ0v) is 7.58. The largest absolute Gasteiger partial charge is 0.481 e. The van der Waals surface area contributed by atoms with Crippen molar-refractivity contribution in [3.05, 3.63) is 12.2 Å². The van der Waals surface area contributed by atoms with Crippen molar-refractivity contribution in [2.45, 2.75) is 25.7 Å². The molecule has 0 heterocycles. The third-order valence-corrected chi connectivity index (χ3v) is 2.62. The number of alkyl halides is 1. The predicted octanol–water partition coefficient (Wildman–Crippen LogP) is 2.40. The normalized spacial score (nSPS) is 29.3. The van der Waals surface area contributed by atoms with Gasteiger partial charge in [0.2, 0.25) is 0 Å². The maximum atomic E-state index is 11.8. The van der Waals surface area contributed by atoms with Gasteiger partial charge >= 0.3 is 5.97 Å². The lowest BCUT2D eigenvalue weighted by atomic mass is 9.82. The first-order chi connectivity index (χ1) is 6.24. The molecule has 0 radical (unpaired) electrons. The van der Waals surface area contributed by atoms with Crippen LogP contribution in [-0.4, -0.2) is 17.8 Å². The number of aliphatic carboxylic acids is 1. The zero-order chi connectivity index (χ0) is 9.68. The van der Waals surface area contributed by atoms with E-state index >= 15 is 0 Å². The van der Waals surface area contributed by atoms with E-state index in [4.69, 9.17) is 5.11 Å². The molecule has 1 N–H and O–H groups in total. The van der Waals surface area contributed by atoms with Crippen LogP contribution in [-0.2, 0) is 4.79 Å². The van der Waals surface area contributed by atoms with E-state index < -0.39 is 12.6 Å². The number of hydrogen-bond donors (Lipinski definition) is 1. The predicted molar refractivity (Wildman–Crippen MR) is 48.2 cm³/mol. The number of carbonyl (C=O) groups is 1. The van der Waals surface area contributed by atoms with Crippen LogP contribution < -0.4 is 0 Å². The molecule has 0 unspecified atom stereocenters. The summed E-state index contributed by atoms with van der Waals surface area (Å²) in [6.45, 7) is -0.418. The molecule has 0 atom stereocenters. The van der Waals surface area contributed by atoms with E-state index in [2.05, 4.69) is 0 Å². The van der Waals surface area contributed by atoms with Crippen molar-refractivity contribution in [1.82, 2.24) is 0 Å². The van der Waals surface area contributed by atoms with Crippen molar-refractivity contribution in [2.75, 3.05) is 6.67 Å². The van der Waals surface area contributed by atoms with Crippen LogP contribution in [0.5, 0.6) is 0 Å². The third kappa shape index (κ3) is 3.17. The SMILES string of the molecule is O=C(O)C1CCC(C=CCF)CC1. The monoisotopic (exact) mass is 186 g/mol. The van der Waals surface area contributed by atoms with Crippen LogP contribution in [0.3, 0.4) is 0 Å². The van der Waals surface area contributed by atoms with Crippen LogP contribution in [0, 0.1) is 11.8 Å². The van der Waals surface area contributed by atoms with E-state index in [9.17, 15) is 9.18 Å². The van der Waals surface area contributed by atoms with Crippen LogP contribution in [0.25, 0.3) is 0 Å². The van der Waals surface area contributed by atoms with Gasteiger partial charge in [0.05, 0.1) is 5.92 Å². The van der Waals surface area contributed by atoms with Gasteiger partial charge in [0.25, 0.3) is 0 Å². The Kier molecular flexibility index (Phi) is 3.93. The van der Waals surface area contributed by atoms with Crippen LogP contribution in [0.1, 0.15) is 25.7 Å². The molecular formula is C10H15FO2. The molecule has 1 saturated carbocycles. The first-order valence-corrected chi connectivity index (χ1v) is 4.69. The van der Waals surface area contributed by atoms with Crippen molar-refractivity contribution in [1.29, 1.82) is 0 Å². The van der Waals surface area contributed by atoms with E-state index in [1.54, 1.807) is 0 Å². The van der Waals surface area contributed by atoms with Gasteiger partial charge in [-0.3, -0.25) is 4.79 Å². The second-order valence-electron chi connectivity index (χ2n) is 3.53. The summed E-state index contributed by atoms with van der Waals surface area (Å²) in [6, 6.07) is 0. The van der Waals surface area contributed by atoms with E-state index in [0.717, 1.165) is 25.7 Å². The molecule has 1 aliphatic rings. The summed E-state index contributed by atoms with van der Waals surface area (Å²) in [5, 5.41) is 8.72. The van der Waals surface area contributed by atoms with E-state index in [1.165, 1.54) is 6.08 Å². The molecule has 0 aliphatic heterocycles. The Morgan fingerprint density at radius 1 is 1.38 bits per heavy atom. The minimum atomic E-state index is -0.687. The van der Waals surface area contributed by atoms with Crippen LogP contribution >= 0.6 is 0 Å². The molecule has 13 heavy (non-hydrogen) atoms. The third-order valence-electron chi connectivity index (χ3n) is 2.62. The lowest BCUT2D eigenvalue weighted by Gasteiger charge is -2.23. The summed E-state index contributed by atoms with van der Waals surface area (Å²) in [5.74, 6) is -0.464. The summed E-state index contributed by atoms with van der Waals surface area (Å²) in [4.78, 5) is 10.6. The van der Waals surface area contributed by atoms with Gasteiger partial charge in [0, 0.05) is 0 Å². The van der Waals surface area contributed by atoms with E-state index in [0.29, 0.717) is 5.92 Å². The highest BCUT2D eigenvalue weighted by atomic mass is 19.1. The summed E-state index contributed by atoms with van der Waals surface area (Å²) in [5.41, 5.74) is 0. The highest BCUT2D eigenvalue weighted by Crippen LogP contribution is 2.29. The number of carboxylic acids is 1. The second kappa shape index (κ2) is 5.00. The number of halogens is 1. The summed E-state index contributed by atoms with van der Waals surface area (Å²) in [6.07, 6.45) is 6.62. The number of carboxylic acid groups (broad SMARTS) is 1. The van der Waals surface area contributed by atoms with Crippen molar-refractivity contribution >= 4 is 5.97 Å². The highest BCUT2D eigenvalue weighted by Gasteiger charge is 2.24. The minimum Gasteiger partial charge on any atom is -0.481 e. The molecule has 0 aromatic carbocycles. The summed E-state index contributed by atoms with van der Waals surface area (Å²) >= 11 is 0. The van der Waals surface area contributed by atoms with Gasteiger partial charge < -0.3 is 5.11 Å². The summed E-state index contributed by atoms with van der Waals surface area (Å²) in [7, 11) is 0. The molecule has 0 aromatic heterocycles. The van der Waals surface area contributed by atoms with Crippen LogP contribution in [0.15, 0.2) is 12.2 Å². The molecule has 0 amide bonds. The lowest BCUT2D eigenvalue weighted by Crippen LogP contribution is -2.20. The fraction of sp³-hybridized carbons (Fsp3) is 0.700. The zero-order valence-electron chi connectivity index (χ0n) is 7.58. The Morgan fingerprint density at radius 3 is 2.46 bits per heavy atom. The van der Waals surface area contributed by atoms with Crippen molar-refractivity contribution in [2.24, 2.45) is 11.8 Å². The van der Waals surface area contributed by atoms with Gasteiger partial charge in [0.15, 0.2) is 0 Å². The minimum absolute atomic E-state index is 0.171. The van der Waals surface area contributed by atoms with E-state index in [1.807, 2.05) is 6.08 Å². The Bertz CT molecular complexity index is 193. The van der Waals surface area contributed by atoms with Gasteiger partial charge in [-0.1, -0.05) is 12.2 Å². The number of allylic oxidation sites excluding steroid dienone is 2. The maximum absolute atomic E-state index is 11.8. The van der Waals surface area contributed by atoms with Crippen LogP contribution in [0.2, 0.25) is 0 Å². The Labute approximate surface area is 77.4 Å². The Morgan fingerprint density at radius 2 is 2.00 bits per heavy atom. The van der Waals surface area contributed by atoms with Crippen LogP contribution in [0.4, 0.5) is 4.39 Å². The Hall–Kier alpha value is -0.860. The Balaban J connectivity index is 2.30. The van der Waals surface area contributed by atoms with Gasteiger partial charge in [-0.2, -0.15) is 0 Å². The van der Waals surface area contributed by atoms with Gasteiger partial charge in [-0.15, -0.1) is 0 Å². The lowest BCUT2D eigenvalue weighted by molar-refractivity contribution is -0.142. The average molecular weight is 186 g/mol. The fourth-order valence-electron chi connectivity index (χ4n) is 1.80. The fourth-order valence-corrected chi connectivity index (χ4v) is 1.80. The van der Waals surface area contributed by atoms with Crippen molar-refractivity contribution in [3.8, 4) is 0 Å². The van der Waals surface area contributed by atoms with Gasteiger partial charge in [-0.05, 0) is 31.6 Å². The average Bonchev–Trinajstić information content (AvgIpc) is 2.15. The molecule has 2 nitrogen and oxygen atoms in total. The smallest absolute Gasteiger partial charge is 0.306 e. The molecule has 0 saturated heterocycles. The number of hydrogen-bond acceptors (Lipinski definition) is 1. The van der Waals surface area contributed by atoms with Crippen molar-refractivity contribution in [3.63, 3.8) is 0 Å². The molecule has 1 aliphatic carbocycles. The van der Waals surface area contributed by atoms with E-state index in [-0.39, 0.29) is 5.92 Å². The highest BCUT2D eigenvalue weighted by molar-refractivity contribution is 5.70. The molecule has 0 spiro atoms. The standard InChI is InChI=1S/C10H15FO2/c11-7-1-2-8-3-5-9(6-4-8)10(12)13/h1-2,8-9H,3-7H2,(H,12,13). The van der Waals surface area contributed by atoms with Gasteiger partial charge in [-0.25, -0.2) is 4.39 Å². The number of rotatable bonds is 3. The molecule has 1 rings (SSSR count). The topological polar surface area (TPSA) is 37.3 Å². The quantitative estimate of drug-likeness (QED) is 0.687. The first kappa shape index (κ1) is 10.2. The molecule has 1 fully saturated rings. The first-order valence-electron chi connectivity index (χ1n) is 4.69. The molecule has 74 valence electrons. The molecule has 0 bridgehead atoms.